The molecule has 0 spiro atoms. The number of esters is 1. The molecule has 0 aliphatic heterocycles. The molecule has 0 fully saturated rings. The van der Waals surface area contributed by atoms with Crippen molar-refractivity contribution in [1.82, 2.24) is 0 Å². The fourth-order valence-electron chi connectivity index (χ4n) is 1.39. The van der Waals surface area contributed by atoms with Gasteiger partial charge in [-0.15, -0.1) is 11.3 Å². The molecule has 0 atom stereocenters. The standard InChI is InChI=1S/C11H8N2O6S/c1-18-11(15)6-4-5-20-10(6)12-9(14)7-2-3-8(19-7)13(16)17/h2-5H,1H3,(H,12,14). The van der Waals surface area contributed by atoms with Gasteiger partial charge in [0.1, 0.15) is 9.92 Å². The number of carbonyl (C=O) groups is 2. The molecule has 0 radical (unpaired) electrons. The summed E-state index contributed by atoms with van der Waals surface area (Å²) >= 11 is 1.12. The summed E-state index contributed by atoms with van der Waals surface area (Å²) in [6.45, 7) is 0. The highest BCUT2D eigenvalue weighted by molar-refractivity contribution is 7.14. The van der Waals surface area contributed by atoms with E-state index in [4.69, 9.17) is 4.42 Å². The Kier molecular flexibility index (Phi) is 3.80. The first kappa shape index (κ1) is 13.7. The average Bonchev–Trinajstić information content (AvgIpc) is 3.06. The normalized spacial score (nSPS) is 10.1. The van der Waals surface area contributed by atoms with Crippen molar-refractivity contribution >= 4 is 34.1 Å². The summed E-state index contributed by atoms with van der Waals surface area (Å²) in [7, 11) is 1.22. The minimum Gasteiger partial charge on any atom is -0.465 e. The maximum Gasteiger partial charge on any atom is 0.433 e. The van der Waals surface area contributed by atoms with Gasteiger partial charge in [-0.25, -0.2) is 4.79 Å². The summed E-state index contributed by atoms with van der Waals surface area (Å²) in [5.41, 5.74) is 0.201. The van der Waals surface area contributed by atoms with Crippen molar-refractivity contribution in [2.24, 2.45) is 0 Å². The van der Waals surface area contributed by atoms with Crippen LogP contribution in [0.2, 0.25) is 0 Å². The van der Waals surface area contributed by atoms with Gasteiger partial charge in [0.05, 0.1) is 18.7 Å². The van der Waals surface area contributed by atoms with Gasteiger partial charge in [0.25, 0.3) is 5.91 Å². The van der Waals surface area contributed by atoms with Gasteiger partial charge in [0.15, 0.2) is 5.76 Å². The van der Waals surface area contributed by atoms with E-state index in [0.29, 0.717) is 0 Å². The van der Waals surface area contributed by atoms with E-state index in [-0.39, 0.29) is 16.3 Å². The van der Waals surface area contributed by atoms with Crippen LogP contribution in [-0.2, 0) is 4.74 Å². The van der Waals surface area contributed by atoms with Crippen LogP contribution in [-0.4, -0.2) is 23.9 Å². The second-order valence-corrected chi connectivity index (χ2v) is 4.42. The molecule has 0 aliphatic rings. The van der Waals surface area contributed by atoms with E-state index in [0.717, 1.165) is 17.4 Å². The quantitative estimate of drug-likeness (QED) is 0.526. The molecule has 1 amide bonds. The molecule has 8 nitrogen and oxygen atoms in total. The number of carbonyl (C=O) groups excluding carboxylic acids is 2. The molecule has 0 unspecified atom stereocenters. The maximum absolute atomic E-state index is 11.8. The number of furan rings is 1. The summed E-state index contributed by atoms with van der Waals surface area (Å²) in [5.74, 6) is -2.03. The summed E-state index contributed by atoms with van der Waals surface area (Å²) in [6, 6.07) is 3.75. The predicted octanol–water partition coefficient (Wildman–Crippen LogP) is 2.29. The Bertz CT molecular complexity index is 674. The Morgan fingerprint density at radius 2 is 2.15 bits per heavy atom. The largest absolute Gasteiger partial charge is 0.465 e. The third kappa shape index (κ3) is 2.67. The van der Waals surface area contributed by atoms with E-state index in [1.807, 2.05) is 0 Å². The van der Waals surface area contributed by atoms with E-state index in [2.05, 4.69) is 10.1 Å². The summed E-state index contributed by atoms with van der Waals surface area (Å²) in [6.07, 6.45) is 0. The van der Waals surface area contributed by atoms with E-state index in [1.165, 1.54) is 19.2 Å². The Hall–Kier alpha value is -2.68. The van der Waals surface area contributed by atoms with Crippen molar-refractivity contribution in [3.8, 4) is 0 Å². The Morgan fingerprint density at radius 3 is 2.75 bits per heavy atom. The van der Waals surface area contributed by atoms with Crippen molar-refractivity contribution in [3.63, 3.8) is 0 Å². The second-order valence-electron chi connectivity index (χ2n) is 3.50. The highest BCUT2D eigenvalue weighted by atomic mass is 32.1. The number of hydrogen-bond donors (Lipinski definition) is 1. The third-order valence-electron chi connectivity index (χ3n) is 2.29. The molecule has 1 N–H and O–H groups in total. The molecule has 0 saturated heterocycles. The number of hydrogen-bond acceptors (Lipinski definition) is 7. The monoisotopic (exact) mass is 296 g/mol. The highest BCUT2D eigenvalue weighted by Gasteiger charge is 2.20. The molecule has 0 aliphatic carbocycles. The van der Waals surface area contributed by atoms with Gasteiger partial charge in [0, 0.05) is 0 Å². The molecule has 2 aromatic rings. The molecule has 2 heterocycles. The first-order chi connectivity index (χ1) is 9.52. The van der Waals surface area contributed by atoms with E-state index < -0.39 is 22.7 Å². The number of methoxy groups -OCH3 is 1. The van der Waals surface area contributed by atoms with Crippen LogP contribution in [0, 0.1) is 10.1 Å². The average molecular weight is 296 g/mol. The molecule has 2 rings (SSSR count). The summed E-state index contributed by atoms with van der Waals surface area (Å²) < 4.78 is 9.32. The van der Waals surface area contributed by atoms with E-state index in [1.54, 1.807) is 5.38 Å². The maximum atomic E-state index is 11.8. The lowest BCUT2D eigenvalue weighted by atomic mass is 10.3. The van der Waals surface area contributed by atoms with Crippen molar-refractivity contribution < 1.29 is 23.7 Å². The molecular formula is C11H8N2O6S. The van der Waals surface area contributed by atoms with Gasteiger partial charge in [-0.1, -0.05) is 0 Å². The summed E-state index contributed by atoms with van der Waals surface area (Å²) in [4.78, 5) is 33.0. The van der Waals surface area contributed by atoms with Gasteiger partial charge in [-0.3, -0.25) is 14.9 Å². The first-order valence-corrected chi connectivity index (χ1v) is 6.12. The zero-order valence-corrected chi connectivity index (χ0v) is 10.9. The lowest BCUT2D eigenvalue weighted by molar-refractivity contribution is -0.402. The number of ether oxygens (including phenoxy) is 1. The van der Waals surface area contributed by atoms with E-state index >= 15 is 0 Å². The first-order valence-electron chi connectivity index (χ1n) is 5.24. The Morgan fingerprint density at radius 1 is 1.40 bits per heavy atom. The van der Waals surface area contributed by atoms with Crippen LogP contribution in [0.5, 0.6) is 0 Å². The predicted molar refractivity (Wildman–Crippen MR) is 69.0 cm³/mol. The van der Waals surface area contributed by atoms with Crippen molar-refractivity contribution in [2.45, 2.75) is 0 Å². The Balaban J connectivity index is 2.17. The van der Waals surface area contributed by atoms with Gasteiger partial charge in [-0.2, -0.15) is 0 Å². The molecule has 0 aromatic carbocycles. The van der Waals surface area contributed by atoms with Gasteiger partial charge < -0.3 is 14.5 Å². The zero-order valence-electron chi connectivity index (χ0n) is 10.1. The van der Waals surface area contributed by atoms with Crippen molar-refractivity contribution in [1.29, 1.82) is 0 Å². The fraction of sp³-hybridized carbons (Fsp3) is 0.0909. The second kappa shape index (κ2) is 5.53. The number of anilines is 1. The number of rotatable bonds is 4. The van der Waals surface area contributed by atoms with Gasteiger partial charge in [0.2, 0.25) is 0 Å². The lowest BCUT2D eigenvalue weighted by Gasteiger charge is -2.02. The van der Waals surface area contributed by atoms with Crippen molar-refractivity contribution in [2.75, 3.05) is 12.4 Å². The molecular weight excluding hydrogens is 288 g/mol. The number of nitro groups is 1. The molecule has 20 heavy (non-hydrogen) atoms. The van der Waals surface area contributed by atoms with Crippen LogP contribution in [0.4, 0.5) is 10.9 Å². The van der Waals surface area contributed by atoms with Crippen LogP contribution in [0.15, 0.2) is 28.0 Å². The minimum atomic E-state index is -0.748. The van der Waals surface area contributed by atoms with Crippen LogP contribution in [0.1, 0.15) is 20.9 Å². The number of thiophene rings is 1. The Labute approximate surface area is 116 Å². The number of nitrogens with zero attached hydrogens (tertiary/aromatic N) is 1. The topological polar surface area (TPSA) is 112 Å². The molecule has 2 aromatic heterocycles. The van der Waals surface area contributed by atoms with Crippen LogP contribution in [0.3, 0.4) is 0 Å². The minimum absolute atomic E-state index is 0.201. The fourth-order valence-corrected chi connectivity index (χ4v) is 2.16. The molecule has 0 bridgehead atoms. The van der Waals surface area contributed by atoms with Crippen LogP contribution in [0.25, 0.3) is 0 Å². The van der Waals surface area contributed by atoms with E-state index in [9.17, 15) is 19.7 Å². The lowest BCUT2D eigenvalue weighted by Crippen LogP contribution is -2.13. The smallest absolute Gasteiger partial charge is 0.433 e. The van der Waals surface area contributed by atoms with Gasteiger partial charge >= 0.3 is 11.9 Å². The van der Waals surface area contributed by atoms with Gasteiger partial charge in [-0.05, 0) is 17.5 Å². The SMILES string of the molecule is COC(=O)c1ccsc1NC(=O)c1ccc([N+](=O)[O-])o1. The molecule has 104 valence electrons. The number of amides is 1. The van der Waals surface area contributed by atoms with Crippen LogP contribution >= 0.6 is 11.3 Å². The summed E-state index contributed by atoms with van der Waals surface area (Å²) in [5, 5.41) is 14.8. The third-order valence-corrected chi connectivity index (χ3v) is 3.12. The molecule has 9 heteroatoms. The van der Waals surface area contributed by atoms with Crippen molar-refractivity contribution in [3.05, 3.63) is 45.0 Å². The van der Waals surface area contributed by atoms with Crippen LogP contribution < -0.4 is 5.32 Å². The zero-order chi connectivity index (χ0) is 14.7. The highest BCUT2D eigenvalue weighted by Crippen LogP contribution is 2.25. The number of nitrogens with one attached hydrogen (secondary N) is 1. The molecule has 0 saturated carbocycles.